The van der Waals surface area contributed by atoms with E-state index in [2.05, 4.69) is 9.72 Å². The molecule has 1 unspecified atom stereocenters. The van der Waals surface area contributed by atoms with E-state index in [4.69, 9.17) is 5.11 Å². The lowest BCUT2D eigenvalue weighted by Crippen LogP contribution is -2.18. The molecule has 0 aliphatic rings. The third kappa shape index (κ3) is 3.16. The molecule has 70 valence electrons. The number of nitrogens with zero attached hydrogens (tertiary/aromatic N) is 1. The third-order valence-corrected chi connectivity index (χ3v) is 1.30. The Labute approximate surface area is 74.0 Å². The maximum Gasteiger partial charge on any atom is 0.366 e. The number of aliphatic carboxylic acids is 1. The zero-order chi connectivity index (χ0) is 9.68. The van der Waals surface area contributed by atoms with Crippen molar-refractivity contribution in [2.24, 2.45) is 0 Å². The maximum absolute atomic E-state index is 12.4. The highest BCUT2D eigenvalue weighted by atomic mass is 19.1. The number of ether oxygens (including phenoxy) is 1. The summed E-state index contributed by atoms with van der Waals surface area (Å²) >= 11 is 0. The number of hydrogen-bond acceptors (Lipinski definition) is 3. The van der Waals surface area contributed by atoms with E-state index in [0.29, 0.717) is 5.69 Å². The molecule has 5 heteroatoms. The van der Waals surface area contributed by atoms with Gasteiger partial charge in [-0.2, -0.15) is 0 Å². The second-order valence-corrected chi connectivity index (χ2v) is 2.29. The van der Waals surface area contributed by atoms with Crippen molar-refractivity contribution in [3.63, 3.8) is 0 Å². The number of aromatic nitrogens is 1. The minimum absolute atomic E-state index is 0.145. The first-order valence-corrected chi connectivity index (χ1v) is 3.58. The van der Waals surface area contributed by atoms with Crippen molar-refractivity contribution in [1.29, 1.82) is 0 Å². The molecule has 0 fully saturated rings. The molecule has 1 aromatic heterocycles. The second-order valence-electron chi connectivity index (χ2n) is 2.29. The quantitative estimate of drug-likeness (QED) is 0.759. The fraction of sp³-hybridized carbons (Fsp3) is 0.250. The summed E-state index contributed by atoms with van der Waals surface area (Å²) in [5.41, 5.74) is 0.492. The van der Waals surface area contributed by atoms with Crippen LogP contribution in [-0.2, 0) is 16.1 Å². The van der Waals surface area contributed by atoms with Crippen molar-refractivity contribution in [2.75, 3.05) is 0 Å². The van der Waals surface area contributed by atoms with Gasteiger partial charge < -0.3 is 9.84 Å². The van der Waals surface area contributed by atoms with Gasteiger partial charge in [0, 0.05) is 6.20 Å². The molecule has 0 bridgehead atoms. The summed E-state index contributed by atoms with van der Waals surface area (Å²) in [6, 6.07) is 5.03. The van der Waals surface area contributed by atoms with Gasteiger partial charge in [-0.3, -0.25) is 4.98 Å². The summed E-state index contributed by atoms with van der Waals surface area (Å²) in [7, 11) is 0. The minimum Gasteiger partial charge on any atom is -0.477 e. The fourth-order valence-corrected chi connectivity index (χ4v) is 0.713. The summed E-state index contributed by atoms with van der Waals surface area (Å²) in [5.74, 6) is -1.63. The van der Waals surface area contributed by atoms with Crippen molar-refractivity contribution < 1.29 is 19.0 Å². The van der Waals surface area contributed by atoms with Gasteiger partial charge in [0.2, 0.25) is 0 Å². The number of pyridine rings is 1. The van der Waals surface area contributed by atoms with Crippen molar-refractivity contribution in [3.05, 3.63) is 30.1 Å². The zero-order valence-electron chi connectivity index (χ0n) is 6.68. The van der Waals surface area contributed by atoms with Gasteiger partial charge in [-0.15, -0.1) is 0 Å². The average molecular weight is 185 g/mol. The third-order valence-electron chi connectivity index (χ3n) is 1.30. The van der Waals surface area contributed by atoms with E-state index in [0.717, 1.165) is 0 Å². The Kier molecular flexibility index (Phi) is 3.33. The van der Waals surface area contributed by atoms with Crippen molar-refractivity contribution in [3.8, 4) is 0 Å². The second kappa shape index (κ2) is 4.51. The van der Waals surface area contributed by atoms with Crippen LogP contribution in [0.4, 0.5) is 4.39 Å². The van der Waals surface area contributed by atoms with Crippen LogP contribution in [0.5, 0.6) is 0 Å². The van der Waals surface area contributed by atoms with Gasteiger partial charge in [-0.1, -0.05) is 6.07 Å². The highest BCUT2D eigenvalue weighted by molar-refractivity contribution is 5.70. The molecule has 0 aliphatic carbocycles. The van der Waals surface area contributed by atoms with E-state index in [9.17, 15) is 9.18 Å². The van der Waals surface area contributed by atoms with Crippen molar-refractivity contribution in [1.82, 2.24) is 4.98 Å². The first-order chi connectivity index (χ1) is 6.20. The first kappa shape index (κ1) is 9.60. The molecule has 0 spiro atoms. The smallest absolute Gasteiger partial charge is 0.366 e. The van der Waals surface area contributed by atoms with Crippen LogP contribution in [0.15, 0.2) is 24.4 Å². The van der Waals surface area contributed by atoms with Crippen LogP contribution in [-0.4, -0.2) is 22.4 Å². The van der Waals surface area contributed by atoms with Gasteiger partial charge in [0.15, 0.2) is 0 Å². The molecule has 0 radical (unpaired) electrons. The summed E-state index contributed by atoms with van der Waals surface area (Å²) in [6.45, 7) is -0.145. The Balaban J connectivity index is 2.39. The Morgan fingerprint density at radius 2 is 2.46 bits per heavy atom. The molecule has 1 heterocycles. The number of carbonyl (C=O) groups is 1. The van der Waals surface area contributed by atoms with Gasteiger partial charge >= 0.3 is 5.97 Å². The van der Waals surface area contributed by atoms with Crippen LogP contribution in [0.3, 0.4) is 0 Å². The Morgan fingerprint density at radius 3 is 3.00 bits per heavy atom. The van der Waals surface area contributed by atoms with Gasteiger partial charge in [-0.05, 0) is 12.1 Å². The molecule has 0 saturated carbocycles. The van der Waals surface area contributed by atoms with Gasteiger partial charge in [0.05, 0.1) is 12.3 Å². The molecule has 0 aliphatic heterocycles. The lowest BCUT2D eigenvalue weighted by Gasteiger charge is -2.03. The molecule has 4 nitrogen and oxygen atoms in total. The Hall–Kier alpha value is -1.49. The molecular formula is C8H8FNO3. The van der Waals surface area contributed by atoms with E-state index in [1.807, 2.05) is 0 Å². The predicted octanol–water partition coefficient (Wildman–Crippen LogP) is 0.978. The molecule has 1 atom stereocenters. The van der Waals surface area contributed by atoms with E-state index in [1.54, 1.807) is 18.2 Å². The van der Waals surface area contributed by atoms with Crippen LogP contribution >= 0.6 is 0 Å². The van der Waals surface area contributed by atoms with Crippen molar-refractivity contribution in [2.45, 2.75) is 13.0 Å². The first-order valence-electron chi connectivity index (χ1n) is 3.58. The highest BCUT2D eigenvalue weighted by Gasteiger charge is 2.15. The van der Waals surface area contributed by atoms with Crippen LogP contribution in [0, 0.1) is 0 Å². The number of carboxylic acids is 1. The maximum atomic E-state index is 12.4. The summed E-state index contributed by atoms with van der Waals surface area (Å²) in [4.78, 5) is 13.8. The highest BCUT2D eigenvalue weighted by Crippen LogP contribution is 2.01. The molecular weight excluding hydrogens is 177 g/mol. The van der Waals surface area contributed by atoms with Gasteiger partial charge in [0.25, 0.3) is 6.36 Å². The molecule has 13 heavy (non-hydrogen) atoms. The van der Waals surface area contributed by atoms with Gasteiger partial charge in [-0.25, -0.2) is 9.18 Å². The lowest BCUT2D eigenvalue weighted by atomic mass is 10.4. The predicted molar refractivity (Wildman–Crippen MR) is 41.6 cm³/mol. The van der Waals surface area contributed by atoms with E-state index < -0.39 is 12.3 Å². The standard InChI is InChI=1S/C8H8FNO3/c9-7(8(11)12)13-5-6-3-1-2-4-10-6/h1-4,7H,5H2,(H,11,12). The molecule has 0 aromatic carbocycles. The van der Waals surface area contributed by atoms with E-state index >= 15 is 0 Å². The molecule has 1 N–H and O–H groups in total. The summed E-state index contributed by atoms with van der Waals surface area (Å²) in [6.07, 6.45) is -0.769. The monoisotopic (exact) mass is 185 g/mol. The number of halogens is 1. The molecule has 0 amide bonds. The fourth-order valence-electron chi connectivity index (χ4n) is 0.713. The lowest BCUT2D eigenvalue weighted by molar-refractivity contribution is -0.164. The number of carboxylic acid groups (broad SMARTS) is 1. The minimum atomic E-state index is -2.29. The average Bonchev–Trinajstić information content (AvgIpc) is 2.15. The normalized spacial score (nSPS) is 12.4. The van der Waals surface area contributed by atoms with Gasteiger partial charge in [0.1, 0.15) is 0 Å². The number of alkyl halides is 1. The number of hydrogen-bond donors (Lipinski definition) is 1. The van der Waals surface area contributed by atoms with E-state index in [-0.39, 0.29) is 6.61 Å². The van der Waals surface area contributed by atoms with Crippen LogP contribution in [0.2, 0.25) is 0 Å². The molecule has 0 saturated heterocycles. The number of rotatable bonds is 4. The van der Waals surface area contributed by atoms with Crippen LogP contribution < -0.4 is 0 Å². The summed E-state index contributed by atoms with van der Waals surface area (Å²) in [5, 5.41) is 8.14. The van der Waals surface area contributed by atoms with Crippen LogP contribution in [0.25, 0.3) is 0 Å². The van der Waals surface area contributed by atoms with E-state index in [1.165, 1.54) is 6.20 Å². The van der Waals surface area contributed by atoms with Crippen molar-refractivity contribution >= 4 is 5.97 Å². The SMILES string of the molecule is O=C(O)C(F)OCc1ccccn1. The Bertz CT molecular complexity index is 278. The molecule has 1 rings (SSSR count). The topological polar surface area (TPSA) is 59.4 Å². The van der Waals surface area contributed by atoms with Crippen LogP contribution in [0.1, 0.15) is 5.69 Å². The molecule has 1 aromatic rings. The zero-order valence-corrected chi connectivity index (χ0v) is 6.68. The largest absolute Gasteiger partial charge is 0.477 e. The Morgan fingerprint density at radius 1 is 1.69 bits per heavy atom. The summed E-state index contributed by atoms with van der Waals surface area (Å²) < 4.78 is 16.7.